The summed E-state index contributed by atoms with van der Waals surface area (Å²) in [5.41, 5.74) is 6.75. The molecule has 2 aromatic heterocycles. The Labute approximate surface area is 107 Å². The molecule has 1 aliphatic rings. The molecule has 2 N–H and O–H groups in total. The van der Waals surface area contributed by atoms with Crippen molar-refractivity contribution in [3.63, 3.8) is 0 Å². The first kappa shape index (κ1) is 11.5. The molecule has 0 aromatic carbocycles. The lowest BCUT2D eigenvalue weighted by molar-refractivity contribution is 0.156. The number of aliphatic hydroxyl groups excluding tert-OH is 1. The number of H-pyrrole nitrogens is 1. The highest BCUT2D eigenvalue weighted by Crippen LogP contribution is 2.34. The maximum absolute atomic E-state index is 10.1. The minimum Gasteiger partial charge on any atom is -0.388 e. The van der Waals surface area contributed by atoms with Crippen molar-refractivity contribution in [1.82, 2.24) is 14.8 Å². The molecule has 4 nitrogen and oxygen atoms in total. The molecule has 3 rings (SSSR count). The van der Waals surface area contributed by atoms with E-state index < -0.39 is 0 Å². The minimum absolute atomic E-state index is 0.304. The van der Waals surface area contributed by atoms with Crippen molar-refractivity contribution in [3.05, 3.63) is 34.4 Å². The number of aliphatic hydroxyl groups is 1. The molecule has 0 spiro atoms. The Balaban J connectivity index is 2.25. The molecule has 1 unspecified atom stereocenters. The number of aromatic amines is 1. The van der Waals surface area contributed by atoms with E-state index in [1.807, 2.05) is 13.8 Å². The van der Waals surface area contributed by atoms with Crippen LogP contribution >= 0.6 is 0 Å². The second-order valence-corrected chi connectivity index (χ2v) is 5.21. The summed E-state index contributed by atoms with van der Waals surface area (Å²) in [5, 5.41) is 17.4. The summed E-state index contributed by atoms with van der Waals surface area (Å²) in [6.07, 6.45) is 2.65. The number of hydrogen-bond acceptors (Lipinski definition) is 2. The summed E-state index contributed by atoms with van der Waals surface area (Å²) in [4.78, 5) is 0. The predicted molar refractivity (Wildman–Crippen MR) is 70.0 cm³/mol. The molecule has 0 aliphatic heterocycles. The summed E-state index contributed by atoms with van der Waals surface area (Å²) in [6, 6.07) is 2.12. The third-order valence-electron chi connectivity index (χ3n) is 3.88. The summed E-state index contributed by atoms with van der Waals surface area (Å²) in [6.45, 7) is 6.15. The first-order valence-electron chi connectivity index (χ1n) is 6.50. The number of fused-ring (bicyclic) bond motifs is 1. The maximum Gasteiger partial charge on any atom is 0.0894 e. The third-order valence-corrected chi connectivity index (χ3v) is 3.88. The van der Waals surface area contributed by atoms with Crippen LogP contribution in [0.15, 0.2) is 6.07 Å². The normalized spacial score (nSPS) is 19.0. The predicted octanol–water partition coefficient (Wildman–Crippen LogP) is 2.50. The van der Waals surface area contributed by atoms with Crippen LogP contribution in [0.2, 0.25) is 0 Å². The van der Waals surface area contributed by atoms with Crippen molar-refractivity contribution >= 4 is 0 Å². The van der Waals surface area contributed by atoms with E-state index in [2.05, 4.69) is 27.8 Å². The summed E-state index contributed by atoms with van der Waals surface area (Å²) < 4.78 is 2.26. The van der Waals surface area contributed by atoms with E-state index in [0.717, 1.165) is 41.9 Å². The average molecular weight is 245 g/mol. The van der Waals surface area contributed by atoms with Gasteiger partial charge in [0, 0.05) is 17.0 Å². The fraction of sp³-hybridized carbons (Fsp3) is 0.500. The standard InChI is InChI=1S/C14H19N3O/c1-8-7-11-12(5-4-6-13(11)18)17(8)14-9(2)15-16-10(14)3/h7,13,18H,4-6H2,1-3H3,(H,15,16). The second-order valence-electron chi connectivity index (χ2n) is 5.21. The monoisotopic (exact) mass is 245 g/mol. The van der Waals surface area contributed by atoms with E-state index in [1.54, 1.807) is 0 Å². The Morgan fingerprint density at radius 1 is 1.39 bits per heavy atom. The van der Waals surface area contributed by atoms with Gasteiger partial charge >= 0.3 is 0 Å². The molecule has 0 radical (unpaired) electrons. The van der Waals surface area contributed by atoms with E-state index in [0.29, 0.717) is 0 Å². The molecular formula is C14H19N3O. The van der Waals surface area contributed by atoms with Crippen LogP contribution in [-0.4, -0.2) is 19.9 Å². The van der Waals surface area contributed by atoms with Crippen LogP contribution in [0, 0.1) is 20.8 Å². The summed E-state index contributed by atoms with van der Waals surface area (Å²) in [7, 11) is 0. The number of nitrogens with one attached hydrogen (secondary N) is 1. The summed E-state index contributed by atoms with van der Waals surface area (Å²) in [5.74, 6) is 0. The highest BCUT2D eigenvalue weighted by Gasteiger charge is 2.25. The minimum atomic E-state index is -0.304. The number of rotatable bonds is 1. The van der Waals surface area contributed by atoms with Crippen LogP contribution < -0.4 is 0 Å². The van der Waals surface area contributed by atoms with Crippen molar-refractivity contribution in [3.8, 4) is 5.69 Å². The van der Waals surface area contributed by atoms with Gasteiger partial charge < -0.3 is 9.67 Å². The van der Waals surface area contributed by atoms with Crippen LogP contribution in [-0.2, 0) is 6.42 Å². The smallest absolute Gasteiger partial charge is 0.0894 e. The van der Waals surface area contributed by atoms with Crippen LogP contribution in [0.5, 0.6) is 0 Å². The Kier molecular flexibility index (Phi) is 2.55. The van der Waals surface area contributed by atoms with Gasteiger partial charge in [-0.1, -0.05) is 0 Å². The van der Waals surface area contributed by atoms with E-state index in [-0.39, 0.29) is 6.10 Å². The third kappa shape index (κ3) is 1.52. The van der Waals surface area contributed by atoms with Gasteiger partial charge in [0.2, 0.25) is 0 Å². The number of hydrogen-bond donors (Lipinski definition) is 2. The van der Waals surface area contributed by atoms with Gasteiger partial charge in [0.1, 0.15) is 0 Å². The van der Waals surface area contributed by atoms with E-state index in [9.17, 15) is 5.11 Å². The first-order chi connectivity index (χ1) is 8.59. The highest BCUT2D eigenvalue weighted by atomic mass is 16.3. The van der Waals surface area contributed by atoms with E-state index in [1.165, 1.54) is 11.4 Å². The Bertz CT molecular complexity index is 575. The number of aryl methyl sites for hydroxylation is 3. The van der Waals surface area contributed by atoms with Gasteiger partial charge in [0.15, 0.2) is 0 Å². The fourth-order valence-electron chi connectivity index (χ4n) is 3.06. The Morgan fingerprint density at radius 3 is 2.83 bits per heavy atom. The average Bonchev–Trinajstić information content (AvgIpc) is 2.81. The zero-order valence-corrected chi connectivity index (χ0v) is 11.1. The molecule has 0 bridgehead atoms. The molecule has 0 fully saturated rings. The van der Waals surface area contributed by atoms with Crippen LogP contribution in [0.3, 0.4) is 0 Å². The molecule has 1 atom stereocenters. The molecule has 0 saturated heterocycles. The van der Waals surface area contributed by atoms with Gasteiger partial charge in [0.05, 0.1) is 23.2 Å². The summed E-state index contributed by atoms with van der Waals surface area (Å²) >= 11 is 0. The quantitative estimate of drug-likeness (QED) is 0.811. The molecule has 0 saturated carbocycles. The Hall–Kier alpha value is -1.55. The van der Waals surface area contributed by atoms with Gasteiger partial charge in [-0.15, -0.1) is 0 Å². The second kappa shape index (κ2) is 3.99. The van der Waals surface area contributed by atoms with Gasteiger partial charge in [-0.2, -0.15) is 5.10 Å². The zero-order chi connectivity index (χ0) is 12.9. The molecule has 18 heavy (non-hydrogen) atoms. The lowest BCUT2D eigenvalue weighted by Gasteiger charge is -2.20. The first-order valence-corrected chi connectivity index (χ1v) is 6.50. The molecule has 1 aliphatic carbocycles. The molecule has 2 heterocycles. The molecule has 0 amide bonds. The number of aromatic nitrogens is 3. The fourth-order valence-corrected chi connectivity index (χ4v) is 3.06. The highest BCUT2D eigenvalue weighted by molar-refractivity contribution is 5.47. The lowest BCUT2D eigenvalue weighted by Crippen LogP contribution is -2.12. The SMILES string of the molecule is Cc1n[nH]c(C)c1-n1c(C)cc2c1CCCC2O. The lowest BCUT2D eigenvalue weighted by atomic mass is 9.95. The largest absolute Gasteiger partial charge is 0.388 e. The van der Waals surface area contributed by atoms with Crippen molar-refractivity contribution in [1.29, 1.82) is 0 Å². The maximum atomic E-state index is 10.1. The molecule has 4 heteroatoms. The van der Waals surface area contributed by atoms with E-state index >= 15 is 0 Å². The van der Waals surface area contributed by atoms with Crippen molar-refractivity contribution in [2.24, 2.45) is 0 Å². The Morgan fingerprint density at radius 2 is 2.17 bits per heavy atom. The molecule has 2 aromatic rings. The van der Waals surface area contributed by atoms with Crippen molar-refractivity contribution in [2.75, 3.05) is 0 Å². The van der Waals surface area contributed by atoms with Crippen LogP contribution in [0.25, 0.3) is 5.69 Å². The van der Waals surface area contributed by atoms with Crippen molar-refractivity contribution in [2.45, 2.75) is 46.1 Å². The topological polar surface area (TPSA) is 53.8 Å². The van der Waals surface area contributed by atoms with E-state index in [4.69, 9.17) is 0 Å². The van der Waals surface area contributed by atoms with Gasteiger partial charge in [-0.25, -0.2) is 0 Å². The molecular weight excluding hydrogens is 226 g/mol. The zero-order valence-electron chi connectivity index (χ0n) is 11.1. The van der Waals surface area contributed by atoms with Gasteiger partial charge in [-0.05, 0) is 46.1 Å². The van der Waals surface area contributed by atoms with Crippen LogP contribution in [0.1, 0.15) is 47.3 Å². The van der Waals surface area contributed by atoms with Crippen LogP contribution in [0.4, 0.5) is 0 Å². The molecule has 96 valence electrons. The number of nitrogens with zero attached hydrogens (tertiary/aromatic N) is 2. The van der Waals surface area contributed by atoms with Gasteiger partial charge in [0.25, 0.3) is 0 Å². The van der Waals surface area contributed by atoms with Gasteiger partial charge in [-0.3, -0.25) is 5.10 Å². The van der Waals surface area contributed by atoms with Crippen molar-refractivity contribution < 1.29 is 5.11 Å².